The van der Waals surface area contributed by atoms with Crippen molar-refractivity contribution in [3.63, 3.8) is 0 Å². The number of rotatable bonds is 4. The predicted molar refractivity (Wildman–Crippen MR) is 144 cm³/mol. The summed E-state index contributed by atoms with van der Waals surface area (Å²) in [5.74, 6) is 0.946. The summed E-state index contributed by atoms with van der Waals surface area (Å²) in [6.07, 6.45) is 13.8. The molecule has 0 heteroatoms. The second-order valence-corrected chi connectivity index (χ2v) is 10.1. The van der Waals surface area contributed by atoms with Crippen LogP contribution < -0.4 is 0 Å². The molecule has 4 aromatic carbocycles. The largest absolute Gasteiger partial charge is 0.0758 e. The molecule has 2 atom stereocenters. The van der Waals surface area contributed by atoms with Gasteiger partial charge in [-0.3, -0.25) is 0 Å². The second kappa shape index (κ2) is 7.71. The highest BCUT2D eigenvalue weighted by Gasteiger charge is 2.51. The summed E-state index contributed by atoms with van der Waals surface area (Å²) >= 11 is 0. The Labute approximate surface area is 202 Å². The van der Waals surface area contributed by atoms with E-state index in [1.165, 1.54) is 63.8 Å². The summed E-state index contributed by atoms with van der Waals surface area (Å²) in [7, 11) is 0. The Hall–Kier alpha value is -3.64. The van der Waals surface area contributed by atoms with E-state index in [1.54, 1.807) is 0 Å². The molecule has 0 radical (unpaired) electrons. The fourth-order valence-corrected chi connectivity index (χ4v) is 6.81. The van der Waals surface area contributed by atoms with E-state index in [1.807, 2.05) is 0 Å². The third-order valence-electron chi connectivity index (χ3n) is 8.55. The minimum absolute atomic E-state index is 0.272. The molecule has 34 heavy (non-hydrogen) atoms. The van der Waals surface area contributed by atoms with Gasteiger partial charge in [0.1, 0.15) is 0 Å². The van der Waals surface area contributed by atoms with Crippen LogP contribution in [0.2, 0.25) is 0 Å². The normalized spacial score (nSPS) is 21.2. The van der Waals surface area contributed by atoms with Gasteiger partial charge in [-0.2, -0.15) is 0 Å². The molecule has 0 aliphatic heterocycles. The maximum atomic E-state index is 2.52. The first-order valence-corrected chi connectivity index (χ1v) is 12.6. The molecule has 0 saturated heterocycles. The summed E-state index contributed by atoms with van der Waals surface area (Å²) in [5.41, 5.74) is 11.5. The molecule has 0 spiro atoms. The molecule has 3 aliphatic carbocycles. The van der Waals surface area contributed by atoms with Gasteiger partial charge in [0, 0.05) is 11.8 Å². The Balaban J connectivity index is 1.31. The van der Waals surface area contributed by atoms with E-state index in [0.29, 0.717) is 11.8 Å². The highest BCUT2D eigenvalue weighted by atomic mass is 14.5. The third-order valence-corrected chi connectivity index (χ3v) is 8.55. The second-order valence-electron chi connectivity index (χ2n) is 10.1. The van der Waals surface area contributed by atoms with Gasteiger partial charge in [0.25, 0.3) is 0 Å². The molecule has 164 valence electrons. The van der Waals surface area contributed by atoms with Gasteiger partial charge in [-0.1, -0.05) is 128 Å². The average Bonchev–Trinajstić information content (AvgIpc) is 3.50. The van der Waals surface area contributed by atoms with Crippen LogP contribution in [-0.2, 0) is 0 Å². The van der Waals surface area contributed by atoms with Gasteiger partial charge >= 0.3 is 0 Å². The summed E-state index contributed by atoms with van der Waals surface area (Å²) in [6.45, 7) is 0. The number of allylic oxidation sites excluding steroid dienone is 2. The van der Waals surface area contributed by atoms with Crippen LogP contribution in [0.15, 0.2) is 109 Å². The first-order chi connectivity index (χ1) is 16.9. The van der Waals surface area contributed by atoms with Crippen molar-refractivity contribution < 1.29 is 0 Å². The Kier molecular flexibility index (Phi) is 4.49. The highest BCUT2D eigenvalue weighted by Crippen LogP contribution is 2.64. The molecule has 3 aliphatic rings. The fourth-order valence-electron chi connectivity index (χ4n) is 6.81. The summed E-state index contributed by atoms with van der Waals surface area (Å²) in [6, 6.07) is 35.6. The summed E-state index contributed by atoms with van der Waals surface area (Å²) in [4.78, 5) is 0. The lowest BCUT2D eigenvalue weighted by atomic mass is 9.53. The molecule has 1 fully saturated rings. The van der Waals surface area contributed by atoms with Crippen LogP contribution in [0.3, 0.4) is 0 Å². The minimum atomic E-state index is 0.272. The van der Waals surface area contributed by atoms with Crippen molar-refractivity contribution in [3.8, 4) is 22.3 Å². The Morgan fingerprint density at radius 3 is 1.38 bits per heavy atom. The molecule has 7 rings (SSSR count). The SMILES string of the molecule is C1=CC(C2(C3C=Cc4c(-c5ccccc5)cccc43)CCC2)c2cccc(-c3ccccc3)c21. The minimum Gasteiger partial charge on any atom is -0.0758 e. The third kappa shape index (κ3) is 2.85. The van der Waals surface area contributed by atoms with Gasteiger partial charge in [0.05, 0.1) is 0 Å². The lowest BCUT2D eigenvalue weighted by Gasteiger charge is -2.51. The maximum Gasteiger partial charge on any atom is 0.00928 e. The Morgan fingerprint density at radius 1 is 0.500 bits per heavy atom. The first kappa shape index (κ1) is 19.8. The molecule has 4 aromatic rings. The van der Waals surface area contributed by atoms with Crippen LogP contribution in [0.1, 0.15) is 53.4 Å². The van der Waals surface area contributed by atoms with E-state index in [0.717, 1.165) is 0 Å². The molecule has 0 nitrogen and oxygen atoms in total. The van der Waals surface area contributed by atoms with Crippen LogP contribution in [0.5, 0.6) is 0 Å². The summed E-state index contributed by atoms with van der Waals surface area (Å²) in [5, 5.41) is 0. The van der Waals surface area contributed by atoms with Crippen LogP contribution in [0.4, 0.5) is 0 Å². The Morgan fingerprint density at radius 2 is 0.971 bits per heavy atom. The molecule has 0 N–H and O–H groups in total. The lowest BCUT2D eigenvalue weighted by molar-refractivity contribution is 0.0937. The quantitative estimate of drug-likeness (QED) is 0.299. The van der Waals surface area contributed by atoms with Gasteiger partial charge in [-0.05, 0) is 62.8 Å². The van der Waals surface area contributed by atoms with Gasteiger partial charge in [-0.15, -0.1) is 0 Å². The molecule has 0 amide bonds. The molecule has 1 saturated carbocycles. The summed E-state index contributed by atoms with van der Waals surface area (Å²) < 4.78 is 0. The zero-order valence-corrected chi connectivity index (χ0v) is 19.3. The Bertz CT molecular complexity index is 1310. The molecule has 2 unspecified atom stereocenters. The monoisotopic (exact) mass is 436 g/mol. The van der Waals surface area contributed by atoms with E-state index in [9.17, 15) is 0 Å². The molecule has 0 aromatic heterocycles. The average molecular weight is 437 g/mol. The first-order valence-electron chi connectivity index (χ1n) is 12.6. The van der Waals surface area contributed by atoms with Gasteiger partial charge < -0.3 is 0 Å². The zero-order valence-electron chi connectivity index (χ0n) is 19.3. The number of benzene rings is 4. The van der Waals surface area contributed by atoms with Gasteiger partial charge in [-0.25, -0.2) is 0 Å². The van der Waals surface area contributed by atoms with Crippen molar-refractivity contribution in [1.29, 1.82) is 0 Å². The standard InChI is InChI=1S/C34H28/c1-3-10-24(11-4-1)26-14-7-16-30-28(26)18-20-32(30)34(22-9-23-34)33-21-19-29-27(15-8-17-31(29)33)25-12-5-2-6-13-25/h1-8,10-21,32-33H,9,22-23H2. The molecular formula is C34H28. The molecule has 0 bridgehead atoms. The van der Waals surface area contributed by atoms with Crippen LogP contribution in [0.25, 0.3) is 34.4 Å². The van der Waals surface area contributed by atoms with Crippen molar-refractivity contribution in [2.45, 2.75) is 31.1 Å². The zero-order chi connectivity index (χ0) is 22.5. The van der Waals surface area contributed by atoms with Crippen LogP contribution >= 0.6 is 0 Å². The predicted octanol–water partition coefficient (Wildman–Crippen LogP) is 9.11. The molecular weight excluding hydrogens is 408 g/mol. The van der Waals surface area contributed by atoms with E-state index < -0.39 is 0 Å². The van der Waals surface area contributed by atoms with Crippen LogP contribution in [0, 0.1) is 5.41 Å². The number of hydrogen-bond donors (Lipinski definition) is 0. The smallest absolute Gasteiger partial charge is 0.00928 e. The van der Waals surface area contributed by atoms with Gasteiger partial charge in [0.2, 0.25) is 0 Å². The van der Waals surface area contributed by atoms with Crippen molar-refractivity contribution in [2.75, 3.05) is 0 Å². The van der Waals surface area contributed by atoms with E-state index in [2.05, 4.69) is 121 Å². The van der Waals surface area contributed by atoms with Crippen molar-refractivity contribution in [2.24, 2.45) is 5.41 Å². The highest BCUT2D eigenvalue weighted by molar-refractivity contribution is 5.82. The molecule has 0 heterocycles. The maximum absolute atomic E-state index is 2.52. The number of fused-ring (bicyclic) bond motifs is 2. The van der Waals surface area contributed by atoms with Gasteiger partial charge in [0.15, 0.2) is 0 Å². The van der Waals surface area contributed by atoms with Crippen molar-refractivity contribution in [3.05, 3.63) is 131 Å². The topological polar surface area (TPSA) is 0 Å². The fraction of sp³-hybridized carbons (Fsp3) is 0.176. The lowest BCUT2D eigenvalue weighted by Crippen LogP contribution is -2.39. The number of hydrogen-bond acceptors (Lipinski definition) is 0. The van der Waals surface area contributed by atoms with Crippen LogP contribution in [-0.4, -0.2) is 0 Å². The van der Waals surface area contributed by atoms with Crippen molar-refractivity contribution >= 4 is 12.2 Å². The van der Waals surface area contributed by atoms with E-state index in [-0.39, 0.29) is 5.41 Å². The van der Waals surface area contributed by atoms with Crippen molar-refractivity contribution in [1.82, 2.24) is 0 Å². The van der Waals surface area contributed by atoms with E-state index in [4.69, 9.17) is 0 Å². The van der Waals surface area contributed by atoms with E-state index >= 15 is 0 Å².